The third-order valence-corrected chi connectivity index (χ3v) is 4.04. The number of carbonyl (C=O) groups excluding carboxylic acids is 2. The fourth-order valence-electron chi connectivity index (χ4n) is 2.87. The Morgan fingerprint density at radius 2 is 2.22 bits per heavy atom. The summed E-state index contributed by atoms with van der Waals surface area (Å²) in [7, 11) is 0. The maximum absolute atomic E-state index is 12.3. The molecule has 1 aliphatic heterocycles. The maximum atomic E-state index is 12.3. The van der Waals surface area contributed by atoms with Gasteiger partial charge < -0.3 is 10.2 Å². The Kier molecular flexibility index (Phi) is 6.39. The molecule has 0 radical (unpaired) electrons. The Morgan fingerprint density at radius 1 is 1.39 bits per heavy atom. The number of rotatable bonds is 5. The molecule has 1 aliphatic rings. The first-order valence-electron chi connectivity index (χ1n) is 8.41. The van der Waals surface area contributed by atoms with Gasteiger partial charge in [-0.15, -0.1) is 0 Å². The van der Waals surface area contributed by atoms with E-state index in [0.29, 0.717) is 13.0 Å². The molecule has 1 N–H and O–H groups in total. The molecule has 1 aromatic rings. The van der Waals surface area contributed by atoms with Crippen LogP contribution in [0.2, 0.25) is 0 Å². The Balaban J connectivity index is 1.90. The van der Waals surface area contributed by atoms with Gasteiger partial charge in [-0.1, -0.05) is 36.8 Å². The van der Waals surface area contributed by atoms with Gasteiger partial charge in [-0.2, -0.15) is 0 Å². The van der Waals surface area contributed by atoms with Crippen molar-refractivity contribution in [2.45, 2.75) is 45.6 Å². The molecule has 0 bridgehead atoms. The smallest absolute Gasteiger partial charge is 0.246 e. The van der Waals surface area contributed by atoms with E-state index in [1.54, 1.807) is 6.08 Å². The van der Waals surface area contributed by atoms with Gasteiger partial charge in [0.1, 0.15) is 0 Å². The Hall–Kier alpha value is -2.10. The van der Waals surface area contributed by atoms with E-state index in [4.69, 9.17) is 0 Å². The van der Waals surface area contributed by atoms with E-state index < -0.39 is 0 Å². The molecule has 4 heteroatoms. The molecule has 2 amide bonds. The van der Waals surface area contributed by atoms with Crippen molar-refractivity contribution in [3.8, 4) is 0 Å². The molecule has 0 spiro atoms. The highest BCUT2D eigenvalue weighted by atomic mass is 16.2. The summed E-state index contributed by atoms with van der Waals surface area (Å²) in [4.78, 5) is 25.9. The lowest BCUT2D eigenvalue weighted by Crippen LogP contribution is -2.49. The van der Waals surface area contributed by atoms with Crippen LogP contribution in [-0.4, -0.2) is 35.8 Å². The standard InChI is InChI=1S/C19H26N2O2/c1-3-6-18(22)20-17-9-5-12-21(14-17)19(23)11-10-16-8-4-7-15(2)13-16/h4,7-8,10-11,13,17H,3,5-6,9,12,14H2,1-2H3,(H,20,22). The van der Waals surface area contributed by atoms with Crippen LogP contribution in [0.3, 0.4) is 0 Å². The average Bonchev–Trinajstić information content (AvgIpc) is 2.53. The molecule has 0 saturated carbocycles. The number of benzene rings is 1. The second-order valence-corrected chi connectivity index (χ2v) is 6.19. The summed E-state index contributed by atoms with van der Waals surface area (Å²) in [5, 5.41) is 3.03. The predicted octanol–water partition coefficient (Wildman–Crippen LogP) is 2.92. The lowest BCUT2D eigenvalue weighted by molar-refractivity contribution is -0.129. The highest BCUT2D eigenvalue weighted by molar-refractivity contribution is 5.92. The number of piperidine rings is 1. The van der Waals surface area contributed by atoms with Crippen molar-refractivity contribution in [3.63, 3.8) is 0 Å². The quantitative estimate of drug-likeness (QED) is 0.850. The van der Waals surface area contributed by atoms with Gasteiger partial charge in [0.2, 0.25) is 11.8 Å². The molecule has 124 valence electrons. The largest absolute Gasteiger partial charge is 0.352 e. The van der Waals surface area contributed by atoms with Gasteiger partial charge >= 0.3 is 0 Å². The van der Waals surface area contributed by atoms with Gasteiger partial charge in [-0.05, 0) is 37.8 Å². The van der Waals surface area contributed by atoms with E-state index in [1.165, 1.54) is 5.56 Å². The molecule has 1 aromatic carbocycles. The summed E-state index contributed by atoms with van der Waals surface area (Å²) >= 11 is 0. The summed E-state index contributed by atoms with van der Waals surface area (Å²) in [5.74, 6) is 0.100. The molecular weight excluding hydrogens is 288 g/mol. The van der Waals surface area contributed by atoms with E-state index in [2.05, 4.69) is 5.32 Å². The van der Waals surface area contributed by atoms with Crippen molar-refractivity contribution in [1.82, 2.24) is 10.2 Å². The third kappa shape index (κ3) is 5.55. The number of aryl methyl sites for hydroxylation is 1. The van der Waals surface area contributed by atoms with Gasteiger partial charge in [0.25, 0.3) is 0 Å². The van der Waals surface area contributed by atoms with Crippen LogP contribution in [0.25, 0.3) is 6.08 Å². The van der Waals surface area contributed by atoms with Crippen LogP contribution in [0.4, 0.5) is 0 Å². The minimum absolute atomic E-state index is 0.0148. The number of nitrogens with zero attached hydrogens (tertiary/aromatic N) is 1. The van der Waals surface area contributed by atoms with E-state index in [1.807, 2.05) is 49.1 Å². The monoisotopic (exact) mass is 314 g/mol. The van der Waals surface area contributed by atoms with Gasteiger partial charge in [0, 0.05) is 31.6 Å². The zero-order valence-corrected chi connectivity index (χ0v) is 14.0. The molecule has 1 heterocycles. The fourth-order valence-corrected chi connectivity index (χ4v) is 2.87. The second-order valence-electron chi connectivity index (χ2n) is 6.19. The average molecular weight is 314 g/mol. The van der Waals surface area contributed by atoms with Crippen LogP contribution < -0.4 is 5.32 Å². The van der Waals surface area contributed by atoms with Gasteiger partial charge in [-0.3, -0.25) is 9.59 Å². The van der Waals surface area contributed by atoms with Crippen LogP contribution in [0, 0.1) is 6.92 Å². The predicted molar refractivity (Wildman–Crippen MR) is 92.9 cm³/mol. The topological polar surface area (TPSA) is 49.4 Å². The van der Waals surface area contributed by atoms with E-state index in [-0.39, 0.29) is 17.9 Å². The molecule has 1 fully saturated rings. The van der Waals surface area contributed by atoms with Crippen molar-refractivity contribution in [3.05, 3.63) is 41.5 Å². The van der Waals surface area contributed by atoms with Gasteiger partial charge in [0.05, 0.1) is 0 Å². The van der Waals surface area contributed by atoms with Gasteiger partial charge in [0.15, 0.2) is 0 Å². The zero-order valence-electron chi connectivity index (χ0n) is 14.0. The first-order valence-corrected chi connectivity index (χ1v) is 8.41. The summed E-state index contributed by atoms with van der Waals surface area (Å²) in [6.45, 7) is 5.39. The number of likely N-dealkylation sites (tertiary alicyclic amines) is 1. The first-order chi connectivity index (χ1) is 11.1. The Bertz CT molecular complexity index is 580. The molecule has 1 unspecified atom stereocenters. The SMILES string of the molecule is CCCC(=O)NC1CCCN(C(=O)C=Cc2cccc(C)c2)C1. The van der Waals surface area contributed by atoms with E-state index in [9.17, 15) is 9.59 Å². The highest BCUT2D eigenvalue weighted by Gasteiger charge is 2.23. The van der Waals surface area contributed by atoms with Crippen molar-refractivity contribution in [1.29, 1.82) is 0 Å². The minimum Gasteiger partial charge on any atom is -0.352 e. The minimum atomic E-state index is 0.0148. The number of carbonyl (C=O) groups is 2. The zero-order chi connectivity index (χ0) is 16.7. The molecule has 0 aliphatic carbocycles. The first kappa shape index (κ1) is 17.3. The molecule has 1 atom stereocenters. The number of hydrogen-bond donors (Lipinski definition) is 1. The normalized spacial score (nSPS) is 18.2. The second kappa shape index (κ2) is 8.51. The van der Waals surface area contributed by atoms with E-state index >= 15 is 0 Å². The van der Waals surface area contributed by atoms with Crippen LogP contribution in [-0.2, 0) is 9.59 Å². The summed E-state index contributed by atoms with van der Waals surface area (Å²) in [5.41, 5.74) is 2.21. The molecule has 4 nitrogen and oxygen atoms in total. The third-order valence-electron chi connectivity index (χ3n) is 4.04. The Labute approximate surface area is 138 Å². The van der Waals surface area contributed by atoms with E-state index in [0.717, 1.165) is 31.4 Å². The van der Waals surface area contributed by atoms with Crippen LogP contribution in [0.1, 0.15) is 43.7 Å². The van der Waals surface area contributed by atoms with Crippen molar-refractivity contribution < 1.29 is 9.59 Å². The lowest BCUT2D eigenvalue weighted by Gasteiger charge is -2.32. The Morgan fingerprint density at radius 3 is 2.96 bits per heavy atom. The van der Waals surface area contributed by atoms with Crippen LogP contribution in [0.5, 0.6) is 0 Å². The molecular formula is C19H26N2O2. The van der Waals surface area contributed by atoms with Crippen molar-refractivity contribution in [2.75, 3.05) is 13.1 Å². The highest BCUT2D eigenvalue weighted by Crippen LogP contribution is 2.12. The summed E-state index contributed by atoms with van der Waals surface area (Å²) < 4.78 is 0. The number of amides is 2. The maximum Gasteiger partial charge on any atom is 0.246 e. The van der Waals surface area contributed by atoms with Gasteiger partial charge in [-0.25, -0.2) is 0 Å². The molecule has 1 saturated heterocycles. The number of hydrogen-bond acceptors (Lipinski definition) is 2. The summed E-state index contributed by atoms with van der Waals surface area (Å²) in [6.07, 6.45) is 6.76. The number of nitrogens with one attached hydrogen (secondary N) is 1. The van der Waals surface area contributed by atoms with Crippen LogP contribution >= 0.6 is 0 Å². The van der Waals surface area contributed by atoms with Crippen molar-refractivity contribution >= 4 is 17.9 Å². The van der Waals surface area contributed by atoms with Crippen LogP contribution in [0.15, 0.2) is 30.3 Å². The summed E-state index contributed by atoms with van der Waals surface area (Å²) in [6, 6.07) is 8.14. The van der Waals surface area contributed by atoms with Crippen molar-refractivity contribution in [2.24, 2.45) is 0 Å². The molecule has 0 aromatic heterocycles. The lowest BCUT2D eigenvalue weighted by atomic mass is 10.0. The fraction of sp³-hybridized carbons (Fsp3) is 0.474. The molecule has 23 heavy (non-hydrogen) atoms. The molecule has 2 rings (SSSR count).